The molecule has 0 aliphatic carbocycles. The van der Waals surface area contributed by atoms with Gasteiger partial charge in [-0.15, -0.1) is 11.3 Å². The second-order valence-corrected chi connectivity index (χ2v) is 7.40. The van der Waals surface area contributed by atoms with Crippen LogP contribution in [-0.4, -0.2) is 25.4 Å². The normalized spacial score (nSPS) is 10.9. The molecule has 0 atom stereocenters. The number of pyridine rings is 1. The van der Waals surface area contributed by atoms with Crippen LogP contribution in [0.3, 0.4) is 0 Å². The maximum Gasteiger partial charge on any atom is 0.267 e. The molecule has 0 radical (unpaired) electrons. The number of nitrogens with zero attached hydrogens (tertiary/aromatic N) is 4. The molecule has 2 aromatic carbocycles. The Morgan fingerprint density at radius 3 is 2.62 bits per heavy atom. The number of imidazole rings is 1. The second-order valence-electron chi connectivity index (χ2n) is 6.37. The van der Waals surface area contributed by atoms with E-state index < -0.39 is 0 Å². The Kier molecular flexibility index (Phi) is 4.34. The van der Waals surface area contributed by atoms with Gasteiger partial charge in [-0.05, 0) is 42.5 Å². The zero-order valence-corrected chi connectivity index (χ0v) is 16.0. The summed E-state index contributed by atoms with van der Waals surface area (Å²) in [6.45, 7) is 0. The first-order valence-electron chi connectivity index (χ1n) is 8.98. The molecule has 3 aromatic heterocycles. The van der Waals surface area contributed by atoms with Crippen LogP contribution in [0.4, 0.5) is 5.69 Å². The Balaban J connectivity index is 1.38. The topological polar surface area (TPSA) is 72.7 Å². The lowest BCUT2D eigenvalue weighted by Crippen LogP contribution is -2.10. The highest BCUT2D eigenvalue weighted by atomic mass is 32.1. The van der Waals surface area contributed by atoms with Crippen molar-refractivity contribution in [3.8, 4) is 16.3 Å². The zero-order valence-electron chi connectivity index (χ0n) is 15.2. The van der Waals surface area contributed by atoms with Crippen molar-refractivity contribution in [1.82, 2.24) is 19.5 Å². The minimum Gasteiger partial charge on any atom is -0.321 e. The van der Waals surface area contributed by atoms with Gasteiger partial charge in [-0.1, -0.05) is 18.2 Å². The van der Waals surface area contributed by atoms with Crippen molar-refractivity contribution in [2.45, 2.75) is 0 Å². The SMILES string of the molecule is O=C(Nc1ccc2c(c1)ncn2-c1ccccc1)c1cnc(-c2ccncc2)s1. The van der Waals surface area contributed by atoms with Gasteiger partial charge in [0.2, 0.25) is 0 Å². The number of aromatic nitrogens is 4. The highest BCUT2D eigenvalue weighted by molar-refractivity contribution is 7.17. The standard InChI is InChI=1S/C22H15N5OS/c28-21(20-13-24-22(29-20)15-8-10-23-11-9-15)26-16-6-7-19-18(12-16)25-14-27(19)17-4-2-1-3-5-17/h1-14H,(H,26,28). The molecule has 0 aliphatic heterocycles. The summed E-state index contributed by atoms with van der Waals surface area (Å²) in [6.07, 6.45) is 6.80. The number of anilines is 1. The number of hydrogen-bond acceptors (Lipinski definition) is 5. The fourth-order valence-electron chi connectivity index (χ4n) is 3.08. The van der Waals surface area contributed by atoms with E-state index in [2.05, 4.69) is 20.3 Å². The Labute approximate surface area is 170 Å². The third-order valence-electron chi connectivity index (χ3n) is 4.50. The number of rotatable bonds is 4. The molecule has 0 spiro atoms. The molecule has 0 unspecified atom stereocenters. The molecule has 0 saturated heterocycles. The van der Waals surface area contributed by atoms with Gasteiger partial charge in [-0.3, -0.25) is 14.3 Å². The summed E-state index contributed by atoms with van der Waals surface area (Å²) in [6, 6.07) is 19.5. The maximum absolute atomic E-state index is 12.6. The van der Waals surface area contributed by atoms with Gasteiger partial charge >= 0.3 is 0 Å². The number of fused-ring (bicyclic) bond motifs is 1. The number of hydrogen-bond donors (Lipinski definition) is 1. The lowest BCUT2D eigenvalue weighted by atomic mass is 10.2. The largest absolute Gasteiger partial charge is 0.321 e. The smallest absolute Gasteiger partial charge is 0.267 e. The van der Waals surface area contributed by atoms with Crippen LogP contribution in [0.25, 0.3) is 27.3 Å². The van der Waals surface area contributed by atoms with Gasteiger partial charge < -0.3 is 5.32 Å². The summed E-state index contributed by atoms with van der Waals surface area (Å²) in [5.74, 6) is -0.190. The van der Waals surface area contributed by atoms with Gasteiger partial charge in [0.25, 0.3) is 5.91 Å². The van der Waals surface area contributed by atoms with Crippen LogP contribution in [0.1, 0.15) is 9.67 Å². The molecule has 0 aliphatic rings. The minimum atomic E-state index is -0.190. The van der Waals surface area contributed by atoms with Gasteiger partial charge in [0.15, 0.2) is 0 Å². The third kappa shape index (κ3) is 3.39. The number of thiazole rings is 1. The average Bonchev–Trinajstić information content (AvgIpc) is 3.42. The highest BCUT2D eigenvalue weighted by Gasteiger charge is 2.13. The third-order valence-corrected chi connectivity index (χ3v) is 5.54. The van der Waals surface area contributed by atoms with E-state index in [4.69, 9.17) is 0 Å². The fraction of sp³-hybridized carbons (Fsp3) is 0. The number of benzene rings is 2. The van der Waals surface area contributed by atoms with Crippen molar-refractivity contribution in [3.05, 3.63) is 90.5 Å². The Hall–Kier alpha value is -3.84. The van der Waals surface area contributed by atoms with Gasteiger partial charge in [-0.2, -0.15) is 0 Å². The molecular formula is C22H15N5OS. The van der Waals surface area contributed by atoms with E-state index in [-0.39, 0.29) is 5.91 Å². The molecule has 5 aromatic rings. The zero-order chi connectivity index (χ0) is 19.6. The van der Waals surface area contributed by atoms with Crippen molar-refractivity contribution < 1.29 is 4.79 Å². The lowest BCUT2D eigenvalue weighted by molar-refractivity contribution is 0.103. The van der Waals surface area contributed by atoms with E-state index in [0.717, 1.165) is 27.3 Å². The second kappa shape index (κ2) is 7.29. The molecular weight excluding hydrogens is 382 g/mol. The first-order chi connectivity index (χ1) is 14.3. The quantitative estimate of drug-likeness (QED) is 0.473. The van der Waals surface area contributed by atoms with E-state index in [0.29, 0.717) is 10.6 Å². The Bertz CT molecular complexity index is 1290. The predicted octanol–water partition coefficient (Wildman–Crippen LogP) is 4.80. The Morgan fingerprint density at radius 1 is 0.966 bits per heavy atom. The predicted molar refractivity (Wildman–Crippen MR) is 114 cm³/mol. The molecule has 0 fully saturated rings. The summed E-state index contributed by atoms with van der Waals surface area (Å²) in [4.78, 5) is 26.0. The van der Waals surface area contributed by atoms with Crippen molar-refractivity contribution in [2.24, 2.45) is 0 Å². The molecule has 1 amide bonds. The first kappa shape index (κ1) is 17.3. The van der Waals surface area contributed by atoms with E-state index in [1.165, 1.54) is 11.3 Å². The summed E-state index contributed by atoms with van der Waals surface area (Å²) < 4.78 is 2.02. The first-order valence-corrected chi connectivity index (χ1v) is 9.80. The van der Waals surface area contributed by atoms with Crippen LogP contribution in [0.2, 0.25) is 0 Å². The fourth-order valence-corrected chi connectivity index (χ4v) is 3.90. The van der Waals surface area contributed by atoms with Crippen LogP contribution in [0.5, 0.6) is 0 Å². The average molecular weight is 397 g/mol. The van der Waals surface area contributed by atoms with Gasteiger partial charge in [-0.25, -0.2) is 9.97 Å². The highest BCUT2D eigenvalue weighted by Crippen LogP contribution is 2.26. The van der Waals surface area contributed by atoms with Crippen LogP contribution in [-0.2, 0) is 0 Å². The van der Waals surface area contributed by atoms with E-state index in [1.54, 1.807) is 24.9 Å². The van der Waals surface area contributed by atoms with Crippen molar-refractivity contribution >= 4 is 34.0 Å². The lowest BCUT2D eigenvalue weighted by Gasteiger charge is -2.06. The number of carbonyl (C=O) groups excluding carboxylic acids is 1. The molecule has 0 saturated carbocycles. The summed E-state index contributed by atoms with van der Waals surface area (Å²) in [7, 11) is 0. The maximum atomic E-state index is 12.6. The van der Waals surface area contributed by atoms with Crippen molar-refractivity contribution in [1.29, 1.82) is 0 Å². The van der Waals surface area contributed by atoms with Crippen molar-refractivity contribution in [3.63, 3.8) is 0 Å². The summed E-state index contributed by atoms with van der Waals surface area (Å²) >= 11 is 1.35. The van der Waals surface area contributed by atoms with Gasteiger partial charge in [0, 0.05) is 29.3 Å². The minimum absolute atomic E-state index is 0.190. The van der Waals surface area contributed by atoms with Crippen LogP contribution >= 0.6 is 11.3 Å². The molecule has 7 heteroatoms. The van der Waals surface area contributed by atoms with Crippen LogP contribution in [0.15, 0.2) is 85.6 Å². The number of carbonyl (C=O) groups is 1. The number of amides is 1. The molecule has 6 nitrogen and oxygen atoms in total. The van der Waals surface area contributed by atoms with Crippen LogP contribution in [0, 0.1) is 0 Å². The molecule has 29 heavy (non-hydrogen) atoms. The molecule has 3 heterocycles. The van der Waals surface area contributed by atoms with Crippen LogP contribution < -0.4 is 5.32 Å². The number of nitrogens with one attached hydrogen (secondary N) is 1. The molecule has 140 valence electrons. The van der Waals surface area contributed by atoms with E-state index in [9.17, 15) is 4.79 Å². The monoisotopic (exact) mass is 397 g/mol. The van der Waals surface area contributed by atoms with Gasteiger partial charge in [0.05, 0.1) is 17.2 Å². The number of para-hydroxylation sites is 1. The summed E-state index contributed by atoms with van der Waals surface area (Å²) in [5.41, 5.74) is 4.47. The van der Waals surface area contributed by atoms with Gasteiger partial charge in [0.1, 0.15) is 16.2 Å². The van der Waals surface area contributed by atoms with Crippen molar-refractivity contribution in [2.75, 3.05) is 5.32 Å². The van der Waals surface area contributed by atoms with E-state index in [1.807, 2.05) is 65.2 Å². The molecule has 1 N–H and O–H groups in total. The summed E-state index contributed by atoms with van der Waals surface area (Å²) in [5, 5.41) is 3.72. The molecule has 5 rings (SSSR count). The van der Waals surface area contributed by atoms with E-state index >= 15 is 0 Å². The molecule has 0 bridgehead atoms. The Morgan fingerprint density at radius 2 is 1.79 bits per heavy atom.